The number of nitrogens with zero attached hydrogens (tertiary/aromatic N) is 4. The molecule has 0 aromatic rings. The molecule has 51 heteroatoms. The molecule has 110 heavy (non-hydrogen) atoms. The lowest BCUT2D eigenvalue weighted by Crippen LogP contribution is -2.33. The maximum Gasteiger partial charge on any atom is 0.533 e. The van der Waals surface area contributed by atoms with Crippen LogP contribution in [0.4, 0.5) is 33.6 Å². The van der Waals surface area contributed by atoms with Crippen LogP contribution in [0.3, 0.4) is 0 Å². The van der Waals surface area contributed by atoms with E-state index in [1.54, 1.807) is 86.4 Å². The minimum Gasteiger partial charge on any atom is -0.468 e. The molecule has 6 amide bonds. The van der Waals surface area contributed by atoms with Crippen LogP contribution < -0.4 is 27.0 Å². The minimum atomic E-state index is -1.09. The molecule has 1 aliphatic rings. The second kappa shape index (κ2) is 90.9. The first-order chi connectivity index (χ1) is 52.3. The molecule has 0 aromatic carbocycles. The van der Waals surface area contributed by atoms with Gasteiger partial charge in [0.25, 0.3) is 11.8 Å². The first kappa shape index (κ1) is 119. The number of imide groups is 1. The molecule has 0 spiro atoms. The number of methoxy groups -OCH3 is 2. The molecular formula is C59H113Cl2N9O26S14. The first-order valence-corrected chi connectivity index (χ1v) is 50.9. The third kappa shape index (κ3) is 110. The Morgan fingerprint density at radius 3 is 1.03 bits per heavy atom. The van der Waals surface area contributed by atoms with Gasteiger partial charge in [-0.2, -0.15) is 0 Å². The van der Waals surface area contributed by atoms with E-state index in [-0.39, 0.29) is 88.3 Å². The molecule has 35 nitrogen and oxygen atoms in total. The van der Waals surface area contributed by atoms with E-state index in [1.807, 2.05) is 77.8 Å². The van der Waals surface area contributed by atoms with E-state index in [2.05, 4.69) is 45.1 Å². The van der Waals surface area contributed by atoms with Gasteiger partial charge in [0, 0.05) is 164 Å². The van der Waals surface area contributed by atoms with Crippen LogP contribution in [0.1, 0.15) is 40.5 Å². The molecule has 1 fully saturated rings. The highest BCUT2D eigenvalue weighted by molar-refractivity contribution is 8.78. The maximum atomic E-state index is 11.4. The van der Waals surface area contributed by atoms with Gasteiger partial charge in [-0.1, -0.05) is 156 Å². The molecular weight excluding hydrogens is 1770 g/mol. The minimum absolute atomic E-state index is 0.0361. The Balaban J connectivity index is -0.000000295. The van der Waals surface area contributed by atoms with Crippen LogP contribution in [0.15, 0.2) is 0 Å². The summed E-state index contributed by atoms with van der Waals surface area (Å²) in [6, 6.07) is 0. The van der Waals surface area contributed by atoms with Gasteiger partial charge in [-0.25, -0.2) is 33.6 Å². The number of rotatable bonds is 53. The molecule has 1 heterocycles. The number of carbonyl (C=O) groups is 12. The molecule has 0 saturated carbocycles. The van der Waals surface area contributed by atoms with Crippen LogP contribution in [-0.4, -0.2) is 367 Å². The number of aliphatic hydroxyl groups is 3. The highest BCUT2D eigenvalue weighted by Gasteiger charge is 2.33. The van der Waals surface area contributed by atoms with E-state index in [4.69, 9.17) is 72.7 Å². The predicted molar refractivity (Wildman–Crippen MR) is 461 cm³/mol. The molecule has 648 valence electrons. The molecule has 0 aliphatic carbocycles. The van der Waals surface area contributed by atoms with E-state index in [1.165, 1.54) is 85.9 Å². The monoisotopic (exact) mass is 1880 g/mol. The van der Waals surface area contributed by atoms with E-state index in [0.717, 1.165) is 54.9 Å². The van der Waals surface area contributed by atoms with E-state index < -0.39 is 46.6 Å². The number of nitrogens with two attached hydrogens (primary N) is 1. The summed E-state index contributed by atoms with van der Waals surface area (Å²) in [6.45, 7) is 14.8. The molecule has 1 rings (SSSR count). The van der Waals surface area contributed by atoms with Gasteiger partial charge >= 0.3 is 59.3 Å². The van der Waals surface area contributed by atoms with Crippen LogP contribution in [-0.2, 0) is 76.2 Å². The van der Waals surface area contributed by atoms with Gasteiger partial charge in [0.2, 0.25) is 0 Å². The lowest BCUT2D eigenvalue weighted by Gasteiger charge is -2.19. The topological polar surface area (TPSA) is 454 Å². The van der Waals surface area contributed by atoms with Crippen molar-refractivity contribution in [3.8, 4) is 0 Å². The van der Waals surface area contributed by atoms with Gasteiger partial charge in [-0.3, -0.25) is 28.8 Å². The molecule has 0 radical (unpaired) electrons. The van der Waals surface area contributed by atoms with E-state index in [0.29, 0.717) is 104 Å². The lowest BCUT2D eigenvalue weighted by molar-refractivity contribution is -0.176. The van der Waals surface area contributed by atoms with E-state index in [9.17, 15) is 57.5 Å². The zero-order valence-corrected chi connectivity index (χ0v) is 77.1. The number of alkyl carbamates (subject to hydrolysis) is 4. The van der Waals surface area contributed by atoms with Gasteiger partial charge in [-0.15, -0.1) is 0 Å². The Kier molecular flexibility index (Phi) is 98.3. The number of ether oxygens (including phenoxy) is 10. The number of hydroxylamine groups is 2. The number of aliphatic hydroxyl groups excluding tert-OH is 3. The average Bonchev–Trinajstić information content (AvgIpc) is 1.73. The van der Waals surface area contributed by atoms with Crippen LogP contribution in [0, 0.1) is 0 Å². The molecule has 1 saturated heterocycles. The maximum absolute atomic E-state index is 11.4. The zero-order valence-electron chi connectivity index (χ0n) is 64.1. The second-order valence-corrected chi connectivity index (χ2v) is 40.1. The van der Waals surface area contributed by atoms with E-state index >= 15 is 0 Å². The van der Waals surface area contributed by atoms with Gasteiger partial charge in [0.15, 0.2) is 0 Å². The second-order valence-electron chi connectivity index (χ2n) is 20.8. The van der Waals surface area contributed by atoms with Crippen molar-refractivity contribution in [2.75, 3.05) is 255 Å². The quantitative estimate of drug-likeness (QED) is 0.00704. The van der Waals surface area contributed by atoms with Crippen LogP contribution >= 0.6 is 174 Å². The van der Waals surface area contributed by atoms with Crippen LogP contribution in [0.5, 0.6) is 0 Å². The summed E-state index contributed by atoms with van der Waals surface area (Å²) >= 11 is 9.90. The summed E-state index contributed by atoms with van der Waals surface area (Å²) in [6.07, 6.45) is -2.62. The SMILES string of the molecule is CC(=O)OCCSSCCOC(=O)NCCN(C)C.CC(C)(C)OC(=O)NCCSSCCOC(=O)Cl.CN(C)CCNC(=O)OCCSSCCO.CN(C)CCNC(=O)OCCSSCCOC(=O)ON1C(=O)CCC1=O.COC(=O)CSSCCO.COC(=O)CSSCCOC(=O)Cl.NCCSSCCO. The Hall–Kier alpha value is -1.96. The molecule has 0 unspecified atom stereocenters. The van der Waals surface area contributed by atoms with Crippen molar-refractivity contribution >= 4 is 245 Å². The number of hydrogen-bond acceptors (Lipinski definition) is 44. The molecule has 0 bridgehead atoms. The summed E-state index contributed by atoms with van der Waals surface area (Å²) in [5, 5.41) is 36.2. The first-order valence-electron chi connectivity index (χ1n) is 32.8. The third-order valence-electron chi connectivity index (χ3n) is 9.45. The normalized spacial score (nSPS) is 11.0. The molecule has 1 aliphatic heterocycles. The fourth-order valence-electron chi connectivity index (χ4n) is 4.93. The number of halogens is 2. The van der Waals surface area contributed by atoms with Gasteiger partial charge < -0.3 is 104 Å². The highest BCUT2D eigenvalue weighted by Crippen LogP contribution is 2.24. The standard InChI is InChI=1S/C14H23N3O7S2.C11H22N2O4S2.C10H18ClNO4S2.C9H20N2O3S2.C6H9ClO4S2.C5H10O3S2.C4H11NOS2/c1-16(2)6-5-15-13(20)22-7-9-25-26-10-8-23-14(21)24-17-11(18)3-4-12(17)19;1-10(14)16-6-8-18-19-9-7-17-11(15)12-4-5-13(2)3;1-10(2,3)16-9(14)12-4-6-17-18-7-5-15-8(11)13;1-11(2)4-3-10-9(13)14-6-8-16-15-7-5-12;1-10-5(8)4-13-12-3-2-11-6(7)9;1-8-5(7)4-10-9-3-2-6;5-1-3-7-8-4-2-6/h3-10H2,1-2H3,(H,15,20);4-9H2,1-3H3,(H,12,15);4-7H2,1-3H3,(H,12,14);12H,3-8H2,1-2H3,(H,10,13);2-4H2,1H3;6H,2-4H2,1H3;6H,1-5H2. The number of likely N-dealkylation sites (N-methyl/N-ethyl adjacent to an activating group) is 3. The fraction of sp³-hybridized carbons (Fsp3) is 0.797. The predicted octanol–water partition coefficient (Wildman–Crippen LogP) is 8.78. The number of carbonyl (C=O) groups excluding carboxylic acids is 12. The van der Waals surface area contributed by atoms with Crippen molar-refractivity contribution < 1.29 is 125 Å². The van der Waals surface area contributed by atoms with Gasteiger partial charge in [0.1, 0.15) is 63.4 Å². The third-order valence-corrected chi connectivity index (χ3v) is 25.9. The highest BCUT2D eigenvalue weighted by atomic mass is 35.5. The Bertz CT molecular complexity index is 2330. The van der Waals surface area contributed by atoms with Crippen LogP contribution in [0.25, 0.3) is 0 Å². The van der Waals surface area contributed by atoms with Crippen molar-refractivity contribution in [3.05, 3.63) is 0 Å². The molecule has 9 N–H and O–H groups in total. The number of nitrogens with one attached hydrogen (secondary N) is 4. The van der Waals surface area contributed by atoms with Crippen molar-refractivity contribution in [1.82, 2.24) is 41.0 Å². The Labute approximate surface area is 712 Å². The van der Waals surface area contributed by atoms with Crippen molar-refractivity contribution in [2.45, 2.75) is 46.1 Å². The summed E-state index contributed by atoms with van der Waals surface area (Å²) in [5.41, 5.74) is 3.15. The summed E-state index contributed by atoms with van der Waals surface area (Å²) in [7, 11) is 35.7. The zero-order chi connectivity index (χ0) is 84.3. The molecule has 0 atom stereocenters. The Morgan fingerprint density at radius 2 is 0.718 bits per heavy atom. The number of hydrogen-bond donors (Lipinski definition) is 8. The largest absolute Gasteiger partial charge is 0.533 e. The number of amides is 6. The summed E-state index contributed by atoms with van der Waals surface area (Å²) in [5.74, 6) is 7.19. The average molecular weight is 1880 g/mol. The van der Waals surface area contributed by atoms with Crippen molar-refractivity contribution in [2.24, 2.45) is 5.73 Å². The number of esters is 3. The van der Waals surface area contributed by atoms with Gasteiger partial charge in [0.05, 0.1) is 34.0 Å². The molecule has 0 aromatic heterocycles. The Morgan fingerprint density at radius 1 is 0.427 bits per heavy atom. The summed E-state index contributed by atoms with van der Waals surface area (Å²) in [4.78, 5) is 141. The summed E-state index contributed by atoms with van der Waals surface area (Å²) < 4.78 is 47.3. The van der Waals surface area contributed by atoms with Crippen LogP contribution in [0.2, 0.25) is 0 Å². The van der Waals surface area contributed by atoms with Gasteiger partial charge in [-0.05, 0) is 63.1 Å². The lowest BCUT2D eigenvalue weighted by atomic mass is 10.2. The van der Waals surface area contributed by atoms with Crippen molar-refractivity contribution in [1.29, 1.82) is 0 Å². The fourth-order valence-corrected chi connectivity index (χ4v) is 16.6. The van der Waals surface area contributed by atoms with Crippen molar-refractivity contribution in [3.63, 3.8) is 0 Å². The smallest absolute Gasteiger partial charge is 0.468 e.